The largest absolute Gasteiger partial charge is 0.371 e. The highest BCUT2D eigenvalue weighted by atomic mass is 32.2. The van der Waals surface area contributed by atoms with Gasteiger partial charge in [-0.1, -0.05) is 19.1 Å². The molecule has 64 heavy (non-hydrogen) atoms. The third-order valence-electron chi connectivity index (χ3n) is 13.0. The minimum absolute atomic E-state index is 0.0665. The lowest BCUT2D eigenvalue weighted by molar-refractivity contribution is -0.149. The van der Waals surface area contributed by atoms with Gasteiger partial charge in [-0.15, -0.1) is 0 Å². The molecule has 2 bridgehead atoms. The van der Waals surface area contributed by atoms with Gasteiger partial charge in [-0.3, -0.25) is 34.1 Å². The Bertz CT molecular complexity index is 2750. The molecule has 0 radical (unpaired) electrons. The molecule has 10 rings (SSSR count). The third-order valence-corrected chi connectivity index (χ3v) is 14.6. The van der Waals surface area contributed by atoms with Crippen LogP contribution in [0.5, 0.6) is 0 Å². The summed E-state index contributed by atoms with van der Waals surface area (Å²) in [5.74, 6) is -3.06. The summed E-state index contributed by atoms with van der Waals surface area (Å²) in [7, 11) is -2.86. The lowest BCUT2D eigenvalue weighted by Crippen LogP contribution is -2.69. The van der Waals surface area contributed by atoms with Crippen LogP contribution < -0.4 is 20.3 Å². The maximum absolute atomic E-state index is 15.6. The van der Waals surface area contributed by atoms with Gasteiger partial charge in [0.15, 0.2) is 5.82 Å². The van der Waals surface area contributed by atoms with Gasteiger partial charge < -0.3 is 20.1 Å². The van der Waals surface area contributed by atoms with E-state index in [1.165, 1.54) is 18.8 Å². The van der Waals surface area contributed by atoms with Crippen LogP contribution in [-0.2, 0) is 24.6 Å². The molecule has 3 amide bonds. The Morgan fingerprint density at radius 3 is 2.27 bits per heavy atom. The molecule has 5 aromatic rings. The summed E-state index contributed by atoms with van der Waals surface area (Å²) in [6.07, 6.45) is 9.04. The van der Waals surface area contributed by atoms with Crippen molar-refractivity contribution in [1.82, 2.24) is 39.4 Å². The highest BCUT2D eigenvalue weighted by Gasteiger charge is 2.57. The zero-order valence-corrected chi connectivity index (χ0v) is 36.1. The number of piperidine rings is 3. The minimum Gasteiger partial charge on any atom is -0.371 e. The van der Waals surface area contributed by atoms with Crippen LogP contribution in [0.1, 0.15) is 60.0 Å². The lowest BCUT2D eigenvalue weighted by Gasteiger charge is -2.50. The number of piperazine rings is 1. The van der Waals surface area contributed by atoms with E-state index < -0.39 is 44.4 Å². The van der Waals surface area contributed by atoms with Gasteiger partial charge in [0.1, 0.15) is 17.0 Å². The Morgan fingerprint density at radius 1 is 0.906 bits per heavy atom. The van der Waals surface area contributed by atoms with Gasteiger partial charge in [-0.05, 0) is 80.6 Å². The van der Waals surface area contributed by atoms with Gasteiger partial charge in [0, 0.05) is 98.2 Å². The molecule has 3 aromatic heterocycles. The van der Waals surface area contributed by atoms with Crippen molar-refractivity contribution in [3.05, 3.63) is 95.6 Å². The molecule has 0 spiro atoms. The van der Waals surface area contributed by atoms with Crippen LogP contribution in [0.2, 0.25) is 0 Å². The van der Waals surface area contributed by atoms with Crippen molar-refractivity contribution < 1.29 is 36.4 Å². The van der Waals surface area contributed by atoms with Crippen LogP contribution >= 0.6 is 0 Å². The number of amides is 3. The first kappa shape index (κ1) is 42.9. The van der Waals surface area contributed by atoms with E-state index in [9.17, 15) is 27.6 Å². The number of hydrogen-bond acceptors (Lipinski definition) is 12. The van der Waals surface area contributed by atoms with Crippen molar-refractivity contribution in [1.29, 1.82) is 0 Å². The van der Waals surface area contributed by atoms with Crippen molar-refractivity contribution in [3.63, 3.8) is 0 Å². The van der Waals surface area contributed by atoms with E-state index in [0.29, 0.717) is 74.2 Å². The molecular formula is C44H47F2N11O6S. The number of ketones is 1. The number of fused-ring (bicyclic) bond motifs is 3. The molecule has 5 fully saturated rings. The molecule has 1 aliphatic carbocycles. The number of carbonyl (C=O) groups excluding carboxylic acids is 4. The average Bonchev–Trinajstić information content (AvgIpc) is 3.72. The quantitative estimate of drug-likeness (QED) is 0.0982. The molecular weight excluding hydrogens is 849 g/mol. The molecule has 2 aromatic carbocycles. The molecule has 17 nitrogen and oxygen atoms in total. The van der Waals surface area contributed by atoms with Crippen LogP contribution in [0.25, 0.3) is 22.2 Å². The number of likely N-dealkylation sites (tertiary alicyclic amines) is 1. The van der Waals surface area contributed by atoms with Crippen LogP contribution in [-0.4, -0.2) is 131 Å². The summed E-state index contributed by atoms with van der Waals surface area (Å²) < 4.78 is 58.7. The Hall–Kier alpha value is -6.38. The highest BCUT2D eigenvalue weighted by molar-refractivity contribution is 7.90. The first-order valence-corrected chi connectivity index (χ1v) is 22.7. The number of aromatic nitrogens is 4. The first-order chi connectivity index (χ1) is 30.7. The van der Waals surface area contributed by atoms with E-state index >= 15 is 8.78 Å². The lowest BCUT2D eigenvalue weighted by atomic mass is 9.64. The monoisotopic (exact) mass is 895 g/mol. The summed E-state index contributed by atoms with van der Waals surface area (Å²) in [6.45, 7) is 5.83. The van der Waals surface area contributed by atoms with E-state index in [-0.39, 0.29) is 41.1 Å². The Labute approximate surface area is 367 Å². The number of halogens is 2. The summed E-state index contributed by atoms with van der Waals surface area (Å²) in [4.78, 5) is 73.8. The summed E-state index contributed by atoms with van der Waals surface area (Å²) in [5.41, 5.74) is 1.27. The van der Waals surface area contributed by atoms with Crippen molar-refractivity contribution >= 4 is 62.1 Å². The molecule has 4 aliphatic heterocycles. The number of pyridine rings is 1. The number of imide groups is 1. The molecule has 20 heteroatoms. The smallest absolute Gasteiger partial charge is 0.301 e. The molecule has 0 unspecified atom stereocenters. The minimum atomic E-state index is -4.15. The number of anilines is 3. The molecule has 334 valence electrons. The van der Waals surface area contributed by atoms with Crippen molar-refractivity contribution in [2.45, 2.75) is 44.1 Å². The van der Waals surface area contributed by atoms with Crippen molar-refractivity contribution in [2.24, 2.45) is 5.92 Å². The SMILES string of the molecule is CCN(C)S(=O)(=O)Nc1ccc(F)c(C(=O)c2c[nH]c3ncc(-c4cnc(N5CCN(C(=O)CN6CCC(c7ccc(NC89CC(C8)C(=O)NC9=O)cc7)CC6)CC5)nc4)cc23)c1F. The van der Waals surface area contributed by atoms with E-state index in [4.69, 9.17) is 0 Å². The topological polar surface area (TPSA) is 206 Å². The number of hydrogen-bond donors (Lipinski definition) is 4. The number of rotatable bonds is 13. The van der Waals surface area contributed by atoms with Crippen LogP contribution in [0.4, 0.5) is 26.1 Å². The number of nitrogens with one attached hydrogen (secondary N) is 4. The number of nitrogens with zero attached hydrogens (tertiary/aromatic N) is 7. The molecule has 0 atom stereocenters. The Morgan fingerprint density at radius 2 is 1.59 bits per heavy atom. The van der Waals surface area contributed by atoms with E-state index in [2.05, 4.69) is 52.3 Å². The molecule has 4 N–H and O–H groups in total. The van der Waals surface area contributed by atoms with Crippen molar-refractivity contribution in [2.75, 3.05) is 74.3 Å². The molecule has 4 saturated heterocycles. The van der Waals surface area contributed by atoms with Gasteiger partial charge in [-0.25, -0.2) is 23.7 Å². The molecule has 7 heterocycles. The fourth-order valence-corrected chi connectivity index (χ4v) is 9.91. The fraction of sp³-hybridized carbons (Fsp3) is 0.386. The van der Waals surface area contributed by atoms with Crippen molar-refractivity contribution in [3.8, 4) is 11.1 Å². The third kappa shape index (κ3) is 8.16. The van der Waals surface area contributed by atoms with Gasteiger partial charge in [0.05, 0.1) is 17.8 Å². The summed E-state index contributed by atoms with van der Waals surface area (Å²) in [5, 5.41) is 6.11. The first-order valence-electron chi connectivity index (χ1n) is 21.3. The maximum Gasteiger partial charge on any atom is 0.301 e. The predicted molar refractivity (Wildman–Crippen MR) is 234 cm³/mol. The average molecular weight is 896 g/mol. The maximum atomic E-state index is 15.6. The second kappa shape index (κ2) is 17.0. The summed E-state index contributed by atoms with van der Waals surface area (Å²) >= 11 is 0. The number of H-pyrrole nitrogens is 1. The number of aromatic amines is 1. The second-order valence-electron chi connectivity index (χ2n) is 16.9. The van der Waals surface area contributed by atoms with E-state index in [1.54, 1.807) is 31.6 Å². The van der Waals surface area contributed by atoms with Gasteiger partial charge in [0.25, 0.3) is 5.91 Å². The predicted octanol–water partition coefficient (Wildman–Crippen LogP) is 3.88. The van der Waals surface area contributed by atoms with Crippen LogP contribution in [0.3, 0.4) is 0 Å². The normalized spacial score (nSPS) is 20.6. The van der Waals surface area contributed by atoms with Gasteiger partial charge in [-0.2, -0.15) is 12.7 Å². The zero-order valence-electron chi connectivity index (χ0n) is 35.2. The standard InChI is InChI=1S/C44H47F2N11O6S/c1-3-54(2)64(62,63)53-35-9-8-34(45)37(38(35)46)39(59)33-24-48-40-32(33)18-28(21-47-40)30-22-49-43(50-23-30)57-16-14-56(15-17-57)36(58)25-55-12-10-27(11-13-55)26-4-6-31(7-5-26)52-44-19-29(20-44)41(60)51-42(44)61/h4-9,18,21-24,27,29,52-53H,3,10-17,19-20,25H2,1-2H3,(H,47,48)(H,51,60,61). The number of carbonyl (C=O) groups is 4. The van der Waals surface area contributed by atoms with Gasteiger partial charge in [0.2, 0.25) is 23.5 Å². The summed E-state index contributed by atoms with van der Waals surface area (Å²) in [6, 6.07) is 11.6. The fourth-order valence-electron chi connectivity index (χ4n) is 8.97. The Kier molecular flexibility index (Phi) is 11.4. The van der Waals surface area contributed by atoms with Gasteiger partial charge >= 0.3 is 10.2 Å². The highest BCUT2D eigenvalue weighted by Crippen LogP contribution is 2.44. The van der Waals surface area contributed by atoms with Crippen LogP contribution in [0, 0.1) is 17.6 Å². The molecule has 5 aliphatic rings. The number of benzene rings is 2. The van der Waals surface area contributed by atoms with Crippen LogP contribution in [0.15, 0.2) is 67.3 Å². The van der Waals surface area contributed by atoms with E-state index in [1.807, 2.05) is 21.9 Å². The zero-order chi connectivity index (χ0) is 44.9. The molecule has 1 saturated carbocycles. The van der Waals surface area contributed by atoms with E-state index in [0.717, 1.165) is 48.1 Å². The Balaban J connectivity index is 0.769. The second-order valence-corrected chi connectivity index (χ2v) is 18.7.